The number of anilines is 1. The molecule has 1 aromatic heterocycles. The van der Waals surface area contributed by atoms with E-state index in [4.69, 9.17) is 10.5 Å². The summed E-state index contributed by atoms with van der Waals surface area (Å²) in [6.07, 6.45) is 3.27. The van der Waals surface area contributed by atoms with E-state index in [1.165, 1.54) is 22.6 Å². The highest BCUT2D eigenvalue weighted by molar-refractivity contribution is 7.89. The van der Waals surface area contributed by atoms with Gasteiger partial charge in [0.15, 0.2) is 0 Å². The summed E-state index contributed by atoms with van der Waals surface area (Å²) in [5, 5.41) is 0. The molecule has 2 N–H and O–H groups in total. The highest BCUT2D eigenvalue weighted by atomic mass is 32.2. The fraction of sp³-hybridized carbons (Fsp3) is 0.545. The highest BCUT2D eigenvalue weighted by Gasteiger charge is 2.39. The molecule has 1 aromatic rings. The Balaban J connectivity index is 1.88. The molecule has 3 rings (SSSR count). The van der Waals surface area contributed by atoms with E-state index in [1.807, 2.05) is 0 Å². The van der Waals surface area contributed by atoms with Crippen LogP contribution in [0.1, 0.15) is 12.8 Å². The first-order valence-corrected chi connectivity index (χ1v) is 7.37. The van der Waals surface area contributed by atoms with E-state index in [2.05, 4.69) is 4.98 Å². The first-order valence-electron chi connectivity index (χ1n) is 5.93. The lowest BCUT2D eigenvalue weighted by Crippen LogP contribution is -2.45. The number of fused-ring (bicyclic) bond motifs is 2. The van der Waals surface area contributed by atoms with Crippen LogP contribution in [-0.2, 0) is 14.8 Å². The van der Waals surface area contributed by atoms with Gasteiger partial charge in [0.1, 0.15) is 10.7 Å². The van der Waals surface area contributed by atoms with Crippen LogP contribution in [0.25, 0.3) is 0 Å². The van der Waals surface area contributed by atoms with Crippen molar-refractivity contribution in [1.82, 2.24) is 9.29 Å². The van der Waals surface area contributed by atoms with Crippen LogP contribution in [0.3, 0.4) is 0 Å². The lowest BCUT2D eigenvalue weighted by Gasteiger charge is -2.31. The van der Waals surface area contributed by atoms with Gasteiger partial charge < -0.3 is 10.5 Å². The van der Waals surface area contributed by atoms with Crippen molar-refractivity contribution in [3.05, 3.63) is 18.3 Å². The van der Waals surface area contributed by atoms with Gasteiger partial charge in [0.2, 0.25) is 10.0 Å². The summed E-state index contributed by atoms with van der Waals surface area (Å²) in [6.45, 7) is 0.867. The molecule has 2 aliphatic rings. The average Bonchev–Trinajstić information content (AvgIpc) is 2.68. The molecule has 98 valence electrons. The van der Waals surface area contributed by atoms with E-state index in [-0.39, 0.29) is 17.1 Å². The van der Waals surface area contributed by atoms with Gasteiger partial charge in [-0.2, -0.15) is 4.31 Å². The van der Waals surface area contributed by atoms with Gasteiger partial charge in [-0.25, -0.2) is 13.4 Å². The molecule has 0 spiro atoms. The molecule has 2 bridgehead atoms. The number of sulfonamides is 1. The second-order valence-electron chi connectivity index (χ2n) is 4.70. The third-order valence-electron chi connectivity index (χ3n) is 3.41. The third-order valence-corrected chi connectivity index (χ3v) is 5.22. The van der Waals surface area contributed by atoms with Crippen LogP contribution in [0.5, 0.6) is 0 Å². The quantitative estimate of drug-likeness (QED) is 0.830. The van der Waals surface area contributed by atoms with E-state index in [0.717, 1.165) is 12.8 Å². The van der Waals surface area contributed by atoms with Crippen LogP contribution in [0.2, 0.25) is 0 Å². The number of hydrogen-bond donors (Lipinski definition) is 1. The number of nitrogens with two attached hydrogens (primary N) is 1. The van der Waals surface area contributed by atoms with Gasteiger partial charge in [-0.1, -0.05) is 0 Å². The lowest BCUT2D eigenvalue weighted by molar-refractivity contribution is -0.0114. The zero-order valence-corrected chi connectivity index (χ0v) is 10.6. The Morgan fingerprint density at radius 2 is 1.94 bits per heavy atom. The number of aromatic nitrogens is 1. The number of rotatable bonds is 2. The molecule has 3 heterocycles. The van der Waals surface area contributed by atoms with Crippen molar-refractivity contribution in [2.24, 2.45) is 0 Å². The second-order valence-corrected chi connectivity index (χ2v) is 6.64. The number of nitrogens with zero attached hydrogens (tertiary/aromatic N) is 2. The normalized spacial score (nSPS) is 28.4. The minimum Gasteiger partial charge on any atom is -0.384 e. The van der Waals surface area contributed by atoms with Gasteiger partial charge in [-0.3, -0.25) is 0 Å². The zero-order valence-electron chi connectivity index (χ0n) is 9.82. The van der Waals surface area contributed by atoms with Crippen LogP contribution in [0, 0.1) is 0 Å². The Morgan fingerprint density at radius 3 is 2.50 bits per heavy atom. The zero-order chi connectivity index (χ0) is 12.8. The van der Waals surface area contributed by atoms with Crippen molar-refractivity contribution in [3.8, 4) is 0 Å². The maximum Gasteiger partial charge on any atom is 0.244 e. The highest BCUT2D eigenvalue weighted by Crippen LogP contribution is 2.29. The lowest BCUT2D eigenvalue weighted by atomic mass is 10.2. The number of pyridine rings is 1. The molecule has 2 aliphatic heterocycles. The van der Waals surface area contributed by atoms with Gasteiger partial charge >= 0.3 is 0 Å². The Morgan fingerprint density at radius 1 is 1.28 bits per heavy atom. The first kappa shape index (κ1) is 11.9. The van der Waals surface area contributed by atoms with Crippen LogP contribution in [-0.4, -0.2) is 43.0 Å². The molecule has 0 radical (unpaired) electrons. The van der Waals surface area contributed by atoms with E-state index >= 15 is 0 Å². The molecule has 7 heteroatoms. The van der Waals surface area contributed by atoms with Gasteiger partial charge in [0.25, 0.3) is 0 Å². The maximum atomic E-state index is 12.4. The summed E-state index contributed by atoms with van der Waals surface area (Å²) in [6, 6.07) is 3.00. The van der Waals surface area contributed by atoms with Gasteiger partial charge in [0, 0.05) is 19.3 Å². The Labute approximate surface area is 106 Å². The molecule has 0 saturated carbocycles. The van der Waals surface area contributed by atoms with Crippen molar-refractivity contribution in [2.45, 2.75) is 29.9 Å². The Kier molecular flexibility index (Phi) is 2.76. The van der Waals surface area contributed by atoms with Crippen molar-refractivity contribution in [3.63, 3.8) is 0 Å². The van der Waals surface area contributed by atoms with E-state index in [9.17, 15) is 8.42 Å². The molecule has 6 nitrogen and oxygen atoms in total. The number of nitrogen functional groups attached to an aromatic ring is 1. The van der Waals surface area contributed by atoms with Crippen molar-refractivity contribution in [2.75, 3.05) is 18.8 Å². The minimum absolute atomic E-state index is 0.0419. The topological polar surface area (TPSA) is 85.5 Å². The first-order chi connectivity index (χ1) is 8.55. The molecule has 2 fully saturated rings. The van der Waals surface area contributed by atoms with Crippen molar-refractivity contribution >= 4 is 15.8 Å². The minimum atomic E-state index is -3.47. The van der Waals surface area contributed by atoms with Crippen LogP contribution in [0.4, 0.5) is 5.82 Å². The predicted molar refractivity (Wildman–Crippen MR) is 65.3 cm³/mol. The summed E-state index contributed by atoms with van der Waals surface area (Å²) in [7, 11) is -3.47. The van der Waals surface area contributed by atoms with Gasteiger partial charge in [0.05, 0.1) is 12.2 Å². The molecule has 2 saturated heterocycles. The van der Waals surface area contributed by atoms with Crippen LogP contribution in [0.15, 0.2) is 23.2 Å². The van der Waals surface area contributed by atoms with E-state index in [1.54, 1.807) is 0 Å². The number of ether oxygens (including phenoxy) is 1. The Hall–Kier alpha value is -1.18. The second kappa shape index (κ2) is 4.18. The third kappa shape index (κ3) is 1.98. The van der Waals surface area contributed by atoms with Gasteiger partial charge in [-0.05, 0) is 25.0 Å². The summed E-state index contributed by atoms with van der Waals surface area (Å²) >= 11 is 0. The summed E-state index contributed by atoms with van der Waals surface area (Å²) in [5.41, 5.74) is 5.46. The maximum absolute atomic E-state index is 12.4. The standard InChI is InChI=1S/C11H15N3O3S/c12-11-4-3-10(5-13-11)18(15,16)14-6-8-1-2-9(7-14)17-8/h3-5,8-9H,1-2,6-7H2,(H2,12,13). The Bertz CT molecular complexity index is 531. The van der Waals surface area contributed by atoms with Crippen LogP contribution >= 0.6 is 0 Å². The smallest absolute Gasteiger partial charge is 0.244 e. The largest absolute Gasteiger partial charge is 0.384 e. The molecule has 0 aliphatic carbocycles. The van der Waals surface area contributed by atoms with E-state index in [0.29, 0.717) is 18.9 Å². The molecule has 2 atom stereocenters. The van der Waals surface area contributed by atoms with Crippen LogP contribution < -0.4 is 5.73 Å². The predicted octanol–water partition coefficient (Wildman–Crippen LogP) is 0.216. The fourth-order valence-electron chi connectivity index (χ4n) is 2.47. The molecule has 0 aromatic carbocycles. The van der Waals surface area contributed by atoms with Gasteiger partial charge in [-0.15, -0.1) is 0 Å². The molecule has 0 amide bonds. The van der Waals surface area contributed by atoms with E-state index < -0.39 is 10.0 Å². The number of hydrogen-bond acceptors (Lipinski definition) is 5. The fourth-order valence-corrected chi connectivity index (χ4v) is 3.92. The molecular formula is C11H15N3O3S. The SMILES string of the molecule is Nc1ccc(S(=O)(=O)N2CC3CCC(C2)O3)cn1. The molecule has 18 heavy (non-hydrogen) atoms. The van der Waals surface area contributed by atoms with Crippen molar-refractivity contribution < 1.29 is 13.2 Å². The summed E-state index contributed by atoms with van der Waals surface area (Å²) in [4.78, 5) is 4.03. The molecular weight excluding hydrogens is 254 g/mol. The monoisotopic (exact) mass is 269 g/mol. The average molecular weight is 269 g/mol. The molecule has 2 unspecified atom stereocenters. The summed E-state index contributed by atoms with van der Waals surface area (Å²) < 4.78 is 31.9. The van der Waals surface area contributed by atoms with Crippen molar-refractivity contribution in [1.29, 1.82) is 0 Å². The summed E-state index contributed by atoms with van der Waals surface area (Å²) in [5.74, 6) is 0.316. The number of morpholine rings is 1.